The molecular formula is C33H38O11. The Hall–Kier alpha value is -3.80. The van der Waals surface area contributed by atoms with E-state index in [0.717, 1.165) is 6.92 Å². The van der Waals surface area contributed by atoms with Crippen molar-refractivity contribution in [2.24, 2.45) is 11.3 Å². The summed E-state index contributed by atoms with van der Waals surface area (Å²) in [7, 11) is 0. The summed E-state index contributed by atoms with van der Waals surface area (Å²) >= 11 is 0. The third kappa shape index (κ3) is 4.87. The van der Waals surface area contributed by atoms with E-state index in [9.17, 15) is 29.4 Å². The van der Waals surface area contributed by atoms with Crippen LogP contribution in [0.3, 0.4) is 0 Å². The zero-order valence-corrected chi connectivity index (χ0v) is 25.4. The average molecular weight is 611 g/mol. The Morgan fingerprint density at radius 1 is 0.841 bits per heavy atom. The topological polar surface area (TPSA) is 155 Å². The van der Waals surface area contributed by atoms with E-state index in [2.05, 4.69) is 0 Å². The van der Waals surface area contributed by atoms with Gasteiger partial charge in [0.1, 0.15) is 29.8 Å². The minimum Gasteiger partial charge on any atom is -0.465 e. The van der Waals surface area contributed by atoms with E-state index in [1.807, 2.05) is 0 Å². The molecule has 2 saturated carbocycles. The van der Waals surface area contributed by atoms with E-state index in [4.69, 9.17) is 23.7 Å². The first-order chi connectivity index (χ1) is 20.7. The highest BCUT2D eigenvalue weighted by atomic mass is 16.6. The molecule has 1 aliphatic heterocycles. The van der Waals surface area contributed by atoms with Crippen LogP contribution in [0.2, 0.25) is 0 Å². The molecule has 2 aliphatic carbocycles. The fourth-order valence-corrected chi connectivity index (χ4v) is 7.71. The second kappa shape index (κ2) is 11.3. The van der Waals surface area contributed by atoms with Gasteiger partial charge in [0.2, 0.25) is 0 Å². The Morgan fingerprint density at radius 3 is 1.91 bits per heavy atom. The molecule has 5 rings (SSSR count). The summed E-state index contributed by atoms with van der Waals surface area (Å²) in [5, 5.41) is 24.4. The molecule has 2 bridgehead atoms. The zero-order valence-electron chi connectivity index (χ0n) is 25.4. The number of carbonyl (C=O) groups is 4. The van der Waals surface area contributed by atoms with E-state index < -0.39 is 83.0 Å². The van der Waals surface area contributed by atoms with E-state index in [1.54, 1.807) is 74.5 Å². The molecule has 1 spiro atoms. The van der Waals surface area contributed by atoms with E-state index in [1.165, 1.54) is 13.8 Å². The number of benzene rings is 2. The Bertz CT molecular complexity index is 1420. The zero-order chi connectivity index (χ0) is 32.1. The number of ether oxygens (including phenoxy) is 5. The van der Waals surface area contributed by atoms with E-state index in [-0.39, 0.29) is 24.0 Å². The highest BCUT2D eigenvalue weighted by molar-refractivity contribution is 5.90. The van der Waals surface area contributed by atoms with Crippen LogP contribution in [0.1, 0.15) is 68.2 Å². The number of hydrogen-bond donors (Lipinski definition) is 2. The normalized spacial score (nSPS) is 35.1. The van der Waals surface area contributed by atoms with Crippen LogP contribution in [-0.2, 0) is 33.3 Å². The van der Waals surface area contributed by atoms with Gasteiger partial charge in [0.25, 0.3) is 0 Å². The van der Waals surface area contributed by atoms with Crippen molar-refractivity contribution in [3.63, 3.8) is 0 Å². The van der Waals surface area contributed by atoms with Crippen LogP contribution in [-0.4, -0.2) is 81.9 Å². The number of rotatable bonds is 7. The van der Waals surface area contributed by atoms with E-state index in [0.29, 0.717) is 0 Å². The number of esters is 4. The van der Waals surface area contributed by atoms with Crippen molar-refractivity contribution in [1.29, 1.82) is 0 Å². The second-order valence-corrected chi connectivity index (χ2v) is 12.6. The van der Waals surface area contributed by atoms with Gasteiger partial charge in [-0.1, -0.05) is 36.4 Å². The van der Waals surface area contributed by atoms with Crippen molar-refractivity contribution >= 4 is 23.9 Å². The molecule has 44 heavy (non-hydrogen) atoms. The maximum atomic E-state index is 13.5. The van der Waals surface area contributed by atoms with Crippen molar-refractivity contribution in [3.05, 3.63) is 71.8 Å². The Labute approximate surface area is 255 Å². The first-order valence-corrected chi connectivity index (χ1v) is 14.6. The van der Waals surface area contributed by atoms with E-state index >= 15 is 0 Å². The third-order valence-electron chi connectivity index (χ3n) is 9.42. The van der Waals surface area contributed by atoms with Crippen LogP contribution in [0.5, 0.6) is 0 Å². The monoisotopic (exact) mass is 610 g/mol. The molecule has 1 saturated heterocycles. The lowest BCUT2D eigenvalue weighted by molar-refractivity contribution is -0.347. The van der Waals surface area contributed by atoms with Gasteiger partial charge >= 0.3 is 23.9 Å². The van der Waals surface area contributed by atoms with Gasteiger partial charge < -0.3 is 33.9 Å². The minimum absolute atomic E-state index is 0.00266. The van der Waals surface area contributed by atoms with Crippen molar-refractivity contribution < 1.29 is 53.1 Å². The fourth-order valence-electron chi connectivity index (χ4n) is 7.71. The van der Waals surface area contributed by atoms with Gasteiger partial charge in [0.05, 0.1) is 34.4 Å². The summed E-state index contributed by atoms with van der Waals surface area (Å²) in [4.78, 5) is 52.2. The Morgan fingerprint density at radius 2 is 1.39 bits per heavy atom. The molecule has 0 radical (unpaired) electrons. The van der Waals surface area contributed by atoms with Crippen LogP contribution in [0.15, 0.2) is 60.7 Å². The lowest BCUT2D eigenvalue weighted by Crippen LogP contribution is -2.83. The molecule has 3 aliphatic rings. The first-order valence-electron chi connectivity index (χ1n) is 14.6. The van der Waals surface area contributed by atoms with Gasteiger partial charge in [-0.15, -0.1) is 0 Å². The van der Waals surface area contributed by atoms with Crippen LogP contribution >= 0.6 is 0 Å². The summed E-state index contributed by atoms with van der Waals surface area (Å²) in [6, 6.07) is 16.3. The molecule has 8 atom stereocenters. The Kier molecular flexibility index (Phi) is 8.11. The molecule has 2 aromatic carbocycles. The third-order valence-corrected chi connectivity index (χ3v) is 9.42. The van der Waals surface area contributed by atoms with Crippen LogP contribution in [0.25, 0.3) is 0 Å². The quantitative estimate of drug-likeness (QED) is 0.351. The Balaban J connectivity index is 1.75. The molecule has 11 nitrogen and oxygen atoms in total. The average Bonchev–Trinajstić information content (AvgIpc) is 3.15. The molecular weight excluding hydrogens is 572 g/mol. The number of aliphatic hydroxyl groups excluding tert-OH is 1. The van der Waals surface area contributed by atoms with Gasteiger partial charge in [-0.2, -0.15) is 0 Å². The lowest BCUT2D eigenvalue weighted by Gasteiger charge is -2.65. The van der Waals surface area contributed by atoms with Gasteiger partial charge in [-0.05, 0) is 57.9 Å². The number of carbonyl (C=O) groups excluding carboxylic acids is 4. The van der Waals surface area contributed by atoms with Gasteiger partial charge in [0, 0.05) is 13.8 Å². The molecule has 0 unspecified atom stereocenters. The summed E-state index contributed by atoms with van der Waals surface area (Å²) < 4.78 is 30.5. The summed E-state index contributed by atoms with van der Waals surface area (Å²) in [5.41, 5.74) is -6.64. The first kappa shape index (κ1) is 31.6. The molecule has 11 heteroatoms. The van der Waals surface area contributed by atoms with Crippen LogP contribution in [0.4, 0.5) is 0 Å². The lowest BCUT2D eigenvalue weighted by atomic mass is 9.46. The molecule has 2 N–H and O–H groups in total. The smallest absolute Gasteiger partial charge is 0.338 e. The predicted molar refractivity (Wildman–Crippen MR) is 153 cm³/mol. The summed E-state index contributed by atoms with van der Waals surface area (Å²) in [5.74, 6) is -4.03. The molecule has 0 amide bonds. The second-order valence-electron chi connectivity index (χ2n) is 12.6. The molecule has 1 heterocycles. The summed E-state index contributed by atoms with van der Waals surface area (Å²) in [6.07, 6.45) is -5.67. The standard InChI is InChI=1S/C33H38O11/c1-19(34)40-18-32-23(42-28(37)21-12-8-6-9-13-21)16-17-31(5,39)33(32)26(36)24(30(3,4)44-33)25(27(32)41-20(2)35)43-29(38)22-14-10-7-11-15-22/h6-15,23-27,36,39H,16-18H2,1-5H3/t23-,24+,25-,26+,27+,31-,32-,33-/m0/s1. The van der Waals surface area contributed by atoms with Gasteiger partial charge in [-0.3, -0.25) is 9.59 Å². The maximum Gasteiger partial charge on any atom is 0.338 e. The SMILES string of the molecule is CC(=O)OC[C@@]12[C@@H](OC(=O)c3ccccc3)CC[C@](C)(O)[C@]13OC(C)(C)[C@H]([C@H](OC(=O)c1ccccc1)[C@H]2OC(C)=O)[C@H]3O. The number of hydrogen-bond acceptors (Lipinski definition) is 11. The van der Waals surface area contributed by atoms with Crippen LogP contribution < -0.4 is 0 Å². The number of aliphatic hydroxyl groups is 2. The van der Waals surface area contributed by atoms with Crippen molar-refractivity contribution in [1.82, 2.24) is 0 Å². The molecule has 3 fully saturated rings. The fraction of sp³-hybridized carbons (Fsp3) is 0.515. The largest absolute Gasteiger partial charge is 0.465 e. The van der Waals surface area contributed by atoms with Crippen molar-refractivity contribution in [3.8, 4) is 0 Å². The highest BCUT2D eigenvalue weighted by Crippen LogP contribution is 2.68. The molecule has 0 aromatic heterocycles. The van der Waals surface area contributed by atoms with Crippen LogP contribution in [0, 0.1) is 11.3 Å². The van der Waals surface area contributed by atoms with Crippen molar-refractivity contribution in [2.75, 3.05) is 6.61 Å². The van der Waals surface area contributed by atoms with Gasteiger partial charge in [-0.25, -0.2) is 9.59 Å². The maximum absolute atomic E-state index is 13.5. The van der Waals surface area contributed by atoms with Crippen molar-refractivity contribution in [2.45, 2.75) is 88.7 Å². The molecule has 236 valence electrons. The number of fused-ring (bicyclic) bond motifs is 1. The minimum atomic E-state index is -2.01. The van der Waals surface area contributed by atoms with Gasteiger partial charge in [0.15, 0.2) is 6.10 Å². The highest BCUT2D eigenvalue weighted by Gasteiger charge is 2.86. The summed E-state index contributed by atoms with van der Waals surface area (Å²) in [6.45, 7) is 6.54. The predicted octanol–water partition coefficient (Wildman–Crippen LogP) is 3.00. The molecule has 2 aromatic rings.